The molecule has 3 heterocycles. The smallest absolute Gasteiger partial charge is 0.225 e. The second-order valence-electron chi connectivity index (χ2n) is 9.89. The minimum Gasteiger partial charge on any atom is -0.381 e. The first-order valence-electron chi connectivity index (χ1n) is 12.1. The van der Waals surface area contributed by atoms with Gasteiger partial charge in [0.25, 0.3) is 0 Å². The largest absolute Gasteiger partial charge is 0.381 e. The van der Waals surface area contributed by atoms with Crippen LogP contribution in [-0.4, -0.2) is 61.1 Å². The lowest BCUT2D eigenvalue weighted by molar-refractivity contribution is -0.137. The highest BCUT2D eigenvalue weighted by molar-refractivity contribution is 5.79. The summed E-state index contributed by atoms with van der Waals surface area (Å²) in [5, 5.41) is 0. The number of carbonyl (C=O) groups excluding carboxylic acids is 1. The SMILES string of the molecule is CC1CCCN1CCc1ccc(C2C=CC3CN(C(=O)C4CCOCC4)CC32)cc1. The second kappa shape index (κ2) is 8.84. The van der Waals surface area contributed by atoms with E-state index in [2.05, 4.69) is 53.1 Å². The van der Waals surface area contributed by atoms with E-state index in [9.17, 15) is 4.79 Å². The Balaban J connectivity index is 1.18. The average molecular weight is 409 g/mol. The van der Waals surface area contributed by atoms with Gasteiger partial charge in [-0.15, -0.1) is 0 Å². The van der Waals surface area contributed by atoms with Gasteiger partial charge in [-0.3, -0.25) is 4.79 Å². The summed E-state index contributed by atoms with van der Waals surface area (Å²) in [6.07, 6.45) is 10.4. The van der Waals surface area contributed by atoms with Gasteiger partial charge in [-0.1, -0.05) is 36.4 Å². The van der Waals surface area contributed by atoms with Gasteiger partial charge in [0.1, 0.15) is 0 Å². The monoisotopic (exact) mass is 408 g/mol. The van der Waals surface area contributed by atoms with Crippen LogP contribution in [0.15, 0.2) is 36.4 Å². The van der Waals surface area contributed by atoms with Gasteiger partial charge in [0.05, 0.1) is 0 Å². The fourth-order valence-corrected chi connectivity index (χ4v) is 6.09. The molecule has 5 rings (SSSR count). The molecule has 0 saturated carbocycles. The first kappa shape index (κ1) is 20.3. The molecule has 0 aromatic heterocycles. The van der Waals surface area contributed by atoms with Crippen LogP contribution in [0.25, 0.3) is 0 Å². The van der Waals surface area contributed by atoms with Crippen LogP contribution in [0.4, 0.5) is 0 Å². The summed E-state index contributed by atoms with van der Waals surface area (Å²) in [6, 6.07) is 10.1. The lowest BCUT2D eigenvalue weighted by Gasteiger charge is -2.27. The number of ether oxygens (including phenoxy) is 1. The molecule has 0 N–H and O–H groups in total. The summed E-state index contributed by atoms with van der Waals surface area (Å²) >= 11 is 0. The molecule has 1 aliphatic carbocycles. The maximum Gasteiger partial charge on any atom is 0.225 e. The standard InChI is InChI=1S/C26H36N2O2/c1-19-3-2-13-27(19)14-10-20-4-6-21(7-5-20)24-9-8-23-17-28(18-25(23)24)26(29)22-11-15-30-16-12-22/h4-9,19,22-25H,2-3,10-18H2,1H3. The highest BCUT2D eigenvalue weighted by atomic mass is 16.5. The molecule has 0 spiro atoms. The summed E-state index contributed by atoms with van der Waals surface area (Å²) in [4.78, 5) is 17.7. The normalized spacial score (nSPS) is 32.1. The fraction of sp³-hybridized carbons (Fsp3) is 0.654. The zero-order valence-electron chi connectivity index (χ0n) is 18.3. The van der Waals surface area contributed by atoms with Crippen molar-refractivity contribution in [1.82, 2.24) is 9.80 Å². The maximum atomic E-state index is 13.0. The van der Waals surface area contributed by atoms with Crippen molar-refractivity contribution >= 4 is 5.91 Å². The first-order chi connectivity index (χ1) is 14.7. The number of allylic oxidation sites excluding steroid dienone is 1. The van der Waals surface area contributed by atoms with Crippen LogP contribution in [0.1, 0.15) is 49.7 Å². The summed E-state index contributed by atoms with van der Waals surface area (Å²) in [5.41, 5.74) is 2.86. The van der Waals surface area contributed by atoms with Crippen LogP contribution in [0.2, 0.25) is 0 Å². The number of hydrogen-bond donors (Lipinski definition) is 0. The molecule has 30 heavy (non-hydrogen) atoms. The van der Waals surface area contributed by atoms with Gasteiger partial charge >= 0.3 is 0 Å². The highest BCUT2D eigenvalue weighted by Crippen LogP contribution is 2.43. The predicted octanol–water partition coefficient (Wildman–Crippen LogP) is 3.87. The molecule has 1 amide bonds. The van der Waals surface area contributed by atoms with E-state index in [0.29, 0.717) is 23.7 Å². The molecule has 0 bridgehead atoms. The second-order valence-corrected chi connectivity index (χ2v) is 9.89. The van der Waals surface area contributed by atoms with Crippen LogP contribution in [-0.2, 0) is 16.0 Å². The quantitative estimate of drug-likeness (QED) is 0.694. The molecule has 4 nitrogen and oxygen atoms in total. The Labute approximate surface area is 181 Å². The first-order valence-corrected chi connectivity index (χ1v) is 12.1. The van der Waals surface area contributed by atoms with Crippen LogP contribution in [0.5, 0.6) is 0 Å². The topological polar surface area (TPSA) is 32.8 Å². The van der Waals surface area contributed by atoms with E-state index in [-0.39, 0.29) is 5.92 Å². The molecule has 3 aliphatic heterocycles. The van der Waals surface area contributed by atoms with Crippen LogP contribution in [0.3, 0.4) is 0 Å². The number of amides is 1. The zero-order valence-corrected chi connectivity index (χ0v) is 18.3. The molecule has 3 saturated heterocycles. The fourth-order valence-electron chi connectivity index (χ4n) is 6.09. The van der Waals surface area contributed by atoms with E-state index < -0.39 is 0 Å². The van der Waals surface area contributed by atoms with Crippen LogP contribution < -0.4 is 0 Å². The van der Waals surface area contributed by atoms with Gasteiger partial charge in [0.15, 0.2) is 0 Å². The molecule has 4 heteroatoms. The van der Waals surface area contributed by atoms with Gasteiger partial charge in [-0.2, -0.15) is 0 Å². The number of benzene rings is 1. The van der Waals surface area contributed by atoms with E-state index >= 15 is 0 Å². The van der Waals surface area contributed by atoms with Crippen molar-refractivity contribution in [3.05, 3.63) is 47.5 Å². The maximum absolute atomic E-state index is 13.0. The molecular weight excluding hydrogens is 372 g/mol. The van der Waals surface area contributed by atoms with E-state index in [4.69, 9.17) is 4.74 Å². The Morgan fingerprint density at radius 1 is 1.07 bits per heavy atom. The number of fused-ring (bicyclic) bond motifs is 1. The number of nitrogens with zero attached hydrogens (tertiary/aromatic N) is 2. The highest BCUT2D eigenvalue weighted by Gasteiger charge is 2.42. The van der Waals surface area contributed by atoms with E-state index in [1.54, 1.807) is 0 Å². The van der Waals surface area contributed by atoms with Gasteiger partial charge < -0.3 is 14.5 Å². The van der Waals surface area contributed by atoms with Gasteiger partial charge in [-0.05, 0) is 68.5 Å². The molecular formula is C26H36N2O2. The Morgan fingerprint density at radius 2 is 1.87 bits per heavy atom. The van der Waals surface area contributed by atoms with Gasteiger partial charge in [-0.25, -0.2) is 0 Å². The van der Waals surface area contributed by atoms with Crippen molar-refractivity contribution < 1.29 is 9.53 Å². The third kappa shape index (κ3) is 4.09. The molecule has 1 aromatic carbocycles. The van der Waals surface area contributed by atoms with Crippen LogP contribution in [0, 0.1) is 17.8 Å². The van der Waals surface area contributed by atoms with Crippen molar-refractivity contribution in [3.63, 3.8) is 0 Å². The van der Waals surface area contributed by atoms with Crippen LogP contribution >= 0.6 is 0 Å². The third-order valence-electron chi connectivity index (χ3n) is 8.06. The lowest BCUT2D eigenvalue weighted by Crippen LogP contribution is -2.37. The predicted molar refractivity (Wildman–Crippen MR) is 119 cm³/mol. The molecule has 4 unspecified atom stereocenters. The summed E-state index contributed by atoms with van der Waals surface area (Å²) in [6.45, 7) is 8.09. The Bertz CT molecular complexity index is 768. The average Bonchev–Trinajstić information content (AvgIpc) is 3.49. The van der Waals surface area contributed by atoms with Gasteiger partial charge in [0, 0.05) is 50.7 Å². The zero-order chi connectivity index (χ0) is 20.5. The van der Waals surface area contributed by atoms with E-state index in [1.807, 2.05) is 0 Å². The van der Waals surface area contributed by atoms with Crippen molar-refractivity contribution in [3.8, 4) is 0 Å². The molecule has 3 fully saturated rings. The Kier molecular flexibility index (Phi) is 5.97. The van der Waals surface area contributed by atoms with Crippen molar-refractivity contribution in [2.75, 3.05) is 39.4 Å². The summed E-state index contributed by atoms with van der Waals surface area (Å²) in [7, 11) is 0. The molecule has 162 valence electrons. The number of likely N-dealkylation sites (tertiary alicyclic amines) is 2. The summed E-state index contributed by atoms with van der Waals surface area (Å²) < 4.78 is 5.44. The molecule has 0 radical (unpaired) electrons. The van der Waals surface area contributed by atoms with Gasteiger partial charge in [0.2, 0.25) is 5.91 Å². The summed E-state index contributed by atoms with van der Waals surface area (Å²) in [5.74, 6) is 2.07. The molecule has 4 aliphatic rings. The van der Waals surface area contributed by atoms with Crippen molar-refractivity contribution in [2.45, 2.75) is 51.0 Å². The molecule has 1 aromatic rings. The Hall–Kier alpha value is -1.65. The number of carbonyl (C=O) groups is 1. The number of rotatable bonds is 5. The number of hydrogen-bond acceptors (Lipinski definition) is 3. The molecule has 4 atom stereocenters. The minimum absolute atomic E-state index is 0.178. The van der Waals surface area contributed by atoms with E-state index in [0.717, 1.165) is 51.6 Å². The van der Waals surface area contributed by atoms with Crippen molar-refractivity contribution in [1.29, 1.82) is 0 Å². The lowest BCUT2D eigenvalue weighted by atomic mass is 9.85. The van der Waals surface area contributed by atoms with E-state index in [1.165, 1.54) is 37.1 Å². The Morgan fingerprint density at radius 3 is 2.60 bits per heavy atom. The minimum atomic E-state index is 0.178. The third-order valence-corrected chi connectivity index (χ3v) is 8.06. The van der Waals surface area contributed by atoms with Crippen molar-refractivity contribution in [2.24, 2.45) is 17.8 Å².